The lowest BCUT2D eigenvalue weighted by Crippen LogP contribution is -2.40. The Bertz CT molecular complexity index is 656. The van der Waals surface area contributed by atoms with Gasteiger partial charge >= 0.3 is 6.01 Å². The maximum Gasteiger partial charge on any atom is 0.316 e. The Morgan fingerprint density at radius 3 is 2.46 bits per heavy atom. The van der Waals surface area contributed by atoms with Crippen molar-refractivity contribution in [2.75, 3.05) is 0 Å². The quantitative estimate of drug-likeness (QED) is 0.904. The summed E-state index contributed by atoms with van der Waals surface area (Å²) in [4.78, 5) is 20.3. The van der Waals surface area contributed by atoms with Gasteiger partial charge in [0.1, 0.15) is 6.10 Å². The average molecular weight is 346 g/mol. The molecular formula is C18H20ClN3O2. The van der Waals surface area contributed by atoms with Gasteiger partial charge < -0.3 is 10.1 Å². The summed E-state index contributed by atoms with van der Waals surface area (Å²) in [5.74, 6) is 0.0492. The van der Waals surface area contributed by atoms with Crippen molar-refractivity contribution in [2.45, 2.75) is 44.2 Å². The van der Waals surface area contributed by atoms with Crippen LogP contribution >= 0.6 is 11.6 Å². The zero-order valence-corrected chi connectivity index (χ0v) is 14.1. The van der Waals surface area contributed by atoms with Gasteiger partial charge in [-0.05, 0) is 49.4 Å². The van der Waals surface area contributed by atoms with Gasteiger partial charge in [0, 0.05) is 23.5 Å². The molecule has 3 rings (SSSR count). The third-order valence-electron chi connectivity index (χ3n) is 4.13. The van der Waals surface area contributed by atoms with Crippen LogP contribution < -0.4 is 10.1 Å². The van der Waals surface area contributed by atoms with Crippen LogP contribution in [0.3, 0.4) is 0 Å². The first kappa shape index (κ1) is 16.7. The molecule has 1 fully saturated rings. The molecule has 2 aromatic rings. The Morgan fingerprint density at radius 2 is 1.79 bits per heavy atom. The van der Waals surface area contributed by atoms with Crippen LogP contribution in [0.1, 0.15) is 31.2 Å². The standard InChI is InChI=1S/C18H20ClN3O2/c19-14-4-2-13(3-5-14)12-17(23)22-15-6-8-16(9-7-15)24-18-20-10-1-11-21-18/h1-5,10-11,15-16H,6-9,12H2,(H,22,23). The van der Waals surface area contributed by atoms with Crippen molar-refractivity contribution in [3.05, 3.63) is 53.3 Å². The zero-order valence-electron chi connectivity index (χ0n) is 13.3. The topological polar surface area (TPSA) is 64.1 Å². The van der Waals surface area contributed by atoms with Crippen LogP contribution in [-0.4, -0.2) is 28.0 Å². The summed E-state index contributed by atoms with van der Waals surface area (Å²) in [6.07, 6.45) is 7.44. The number of nitrogens with one attached hydrogen (secondary N) is 1. The van der Waals surface area contributed by atoms with Crippen LogP contribution in [0.4, 0.5) is 0 Å². The van der Waals surface area contributed by atoms with E-state index in [4.69, 9.17) is 16.3 Å². The van der Waals surface area contributed by atoms with Gasteiger partial charge in [-0.1, -0.05) is 23.7 Å². The van der Waals surface area contributed by atoms with Crippen molar-refractivity contribution in [3.63, 3.8) is 0 Å². The molecule has 1 N–H and O–H groups in total. The molecular weight excluding hydrogens is 326 g/mol. The van der Waals surface area contributed by atoms with E-state index in [2.05, 4.69) is 15.3 Å². The molecule has 1 aromatic heterocycles. The van der Waals surface area contributed by atoms with E-state index in [0.29, 0.717) is 17.5 Å². The van der Waals surface area contributed by atoms with Crippen LogP contribution in [0.5, 0.6) is 6.01 Å². The number of nitrogens with zero attached hydrogens (tertiary/aromatic N) is 2. The van der Waals surface area contributed by atoms with E-state index in [9.17, 15) is 4.79 Å². The Morgan fingerprint density at radius 1 is 1.12 bits per heavy atom. The van der Waals surface area contributed by atoms with Gasteiger partial charge in [0.05, 0.1) is 6.42 Å². The van der Waals surface area contributed by atoms with E-state index >= 15 is 0 Å². The van der Waals surface area contributed by atoms with Gasteiger partial charge in [0.25, 0.3) is 0 Å². The first-order valence-corrected chi connectivity index (χ1v) is 8.54. The van der Waals surface area contributed by atoms with Crippen molar-refractivity contribution in [2.24, 2.45) is 0 Å². The third kappa shape index (κ3) is 4.93. The van der Waals surface area contributed by atoms with Crippen molar-refractivity contribution < 1.29 is 9.53 Å². The third-order valence-corrected chi connectivity index (χ3v) is 4.38. The van der Waals surface area contributed by atoms with Crippen molar-refractivity contribution in [3.8, 4) is 6.01 Å². The molecule has 5 nitrogen and oxygen atoms in total. The molecule has 0 radical (unpaired) electrons. The summed E-state index contributed by atoms with van der Waals surface area (Å²) >= 11 is 5.85. The molecule has 1 aliphatic carbocycles. The van der Waals surface area contributed by atoms with E-state index in [1.807, 2.05) is 12.1 Å². The number of amides is 1. The predicted molar refractivity (Wildman–Crippen MR) is 92.0 cm³/mol. The molecule has 1 saturated carbocycles. The Kier molecular flexibility index (Phi) is 5.64. The number of aromatic nitrogens is 2. The number of hydrogen-bond acceptors (Lipinski definition) is 4. The number of rotatable bonds is 5. The maximum absolute atomic E-state index is 12.1. The molecule has 0 saturated heterocycles. The Labute approximate surface area is 146 Å². The molecule has 0 spiro atoms. The summed E-state index contributed by atoms with van der Waals surface area (Å²) in [7, 11) is 0. The van der Waals surface area contributed by atoms with Gasteiger partial charge in [0.2, 0.25) is 5.91 Å². The molecule has 126 valence electrons. The average Bonchev–Trinajstić information content (AvgIpc) is 2.60. The monoisotopic (exact) mass is 345 g/mol. The van der Waals surface area contributed by atoms with Gasteiger partial charge in [-0.2, -0.15) is 0 Å². The van der Waals surface area contributed by atoms with E-state index in [-0.39, 0.29) is 18.1 Å². The summed E-state index contributed by atoms with van der Waals surface area (Å²) in [5, 5.41) is 3.79. The van der Waals surface area contributed by atoms with Crippen molar-refractivity contribution in [1.82, 2.24) is 15.3 Å². The highest BCUT2D eigenvalue weighted by Gasteiger charge is 2.24. The second-order valence-corrected chi connectivity index (χ2v) is 6.43. The van der Waals surface area contributed by atoms with Crippen LogP contribution in [0.25, 0.3) is 0 Å². The second-order valence-electron chi connectivity index (χ2n) is 5.99. The number of benzene rings is 1. The highest BCUT2D eigenvalue weighted by Crippen LogP contribution is 2.22. The lowest BCUT2D eigenvalue weighted by atomic mass is 9.93. The van der Waals surface area contributed by atoms with E-state index in [1.54, 1.807) is 30.6 Å². The minimum atomic E-state index is 0.0492. The molecule has 1 aromatic carbocycles. The summed E-state index contributed by atoms with van der Waals surface area (Å²) in [5.41, 5.74) is 0.968. The summed E-state index contributed by atoms with van der Waals surface area (Å²) in [6.45, 7) is 0. The summed E-state index contributed by atoms with van der Waals surface area (Å²) in [6, 6.07) is 9.77. The van der Waals surface area contributed by atoms with E-state index in [1.165, 1.54) is 0 Å². The SMILES string of the molecule is O=C(Cc1ccc(Cl)cc1)NC1CCC(Oc2ncccn2)CC1. The number of halogens is 1. The number of ether oxygens (including phenoxy) is 1. The fourth-order valence-electron chi connectivity index (χ4n) is 2.89. The van der Waals surface area contributed by atoms with Gasteiger partial charge in [0.15, 0.2) is 0 Å². The molecule has 6 heteroatoms. The van der Waals surface area contributed by atoms with E-state index in [0.717, 1.165) is 31.2 Å². The molecule has 0 atom stereocenters. The Balaban J connectivity index is 1.41. The van der Waals surface area contributed by atoms with Crippen molar-refractivity contribution >= 4 is 17.5 Å². The first-order valence-electron chi connectivity index (χ1n) is 8.16. The fourth-order valence-corrected chi connectivity index (χ4v) is 3.01. The largest absolute Gasteiger partial charge is 0.460 e. The molecule has 1 amide bonds. The molecule has 24 heavy (non-hydrogen) atoms. The minimum Gasteiger partial charge on any atom is -0.460 e. The molecule has 0 aliphatic heterocycles. The number of carbonyl (C=O) groups excluding carboxylic acids is 1. The smallest absolute Gasteiger partial charge is 0.316 e. The van der Waals surface area contributed by atoms with Gasteiger partial charge in [-0.3, -0.25) is 4.79 Å². The highest BCUT2D eigenvalue weighted by atomic mass is 35.5. The van der Waals surface area contributed by atoms with Crippen LogP contribution in [0.2, 0.25) is 5.02 Å². The van der Waals surface area contributed by atoms with Gasteiger partial charge in [-0.15, -0.1) is 0 Å². The zero-order chi connectivity index (χ0) is 16.8. The normalized spacial score (nSPS) is 20.4. The molecule has 0 unspecified atom stereocenters. The summed E-state index contributed by atoms with van der Waals surface area (Å²) < 4.78 is 5.77. The lowest BCUT2D eigenvalue weighted by molar-refractivity contribution is -0.121. The molecule has 1 heterocycles. The predicted octanol–water partition coefficient (Wildman–Crippen LogP) is 3.18. The Hall–Kier alpha value is -2.14. The minimum absolute atomic E-state index is 0.0492. The lowest BCUT2D eigenvalue weighted by Gasteiger charge is -2.28. The maximum atomic E-state index is 12.1. The van der Waals surface area contributed by atoms with Crippen LogP contribution in [0, 0.1) is 0 Å². The van der Waals surface area contributed by atoms with Crippen molar-refractivity contribution in [1.29, 1.82) is 0 Å². The highest BCUT2D eigenvalue weighted by molar-refractivity contribution is 6.30. The molecule has 0 bridgehead atoms. The van der Waals surface area contributed by atoms with E-state index < -0.39 is 0 Å². The molecule has 1 aliphatic rings. The van der Waals surface area contributed by atoms with Gasteiger partial charge in [-0.25, -0.2) is 9.97 Å². The second kappa shape index (κ2) is 8.11. The number of hydrogen-bond donors (Lipinski definition) is 1. The van der Waals surface area contributed by atoms with Crippen LogP contribution in [-0.2, 0) is 11.2 Å². The number of carbonyl (C=O) groups is 1. The first-order chi connectivity index (χ1) is 11.7. The van der Waals surface area contributed by atoms with Crippen LogP contribution in [0.15, 0.2) is 42.7 Å². The fraction of sp³-hybridized carbons (Fsp3) is 0.389.